The number of aromatic nitrogens is 1. The molecule has 1 amide bonds. The second kappa shape index (κ2) is 9.26. The van der Waals surface area contributed by atoms with Crippen molar-refractivity contribution in [2.45, 2.75) is 18.4 Å². The molecule has 0 saturated carbocycles. The molecule has 136 valence electrons. The third-order valence-corrected chi connectivity index (χ3v) is 6.75. The highest BCUT2D eigenvalue weighted by Gasteiger charge is 2.10. The minimum Gasteiger partial charge on any atom is -0.316 e. The lowest BCUT2D eigenvalue weighted by molar-refractivity contribution is 0.0997. The minimum atomic E-state index is -0.188. The van der Waals surface area contributed by atoms with Crippen molar-refractivity contribution in [1.82, 2.24) is 4.57 Å². The van der Waals surface area contributed by atoms with Crippen LogP contribution in [0, 0.1) is 0 Å². The molecule has 0 aliphatic heterocycles. The summed E-state index contributed by atoms with van der Waals surface area (Å²) in [6.07, 6.45) is 2.09. The predicted molar refractivity (Wildman–Crippen MR) is 119 cm³/mol. The van der Waals surface area contributed by atoms with Gasteiger partial charge in [0.25, 0.3) is 5.91 Å². The van der Waals surface area contributed by atoms with Crippen molar-refractivity contribution in [2.24, 2.45) is 4.99 Å². The van der Waals surface area contributed by atoms with E-state index in [1.54, 1.807) is 34.9 Å². The SMILES string of the molecule is CCSc1cccc(C(=O)N=c2sc3cc(Br)ccc3n2CCSC)c1. The zero-order valence-electron chi connectivity index (χ0n) is 14.6. The van der Waals surface area contributed by atoms with Crippen molar-refractivity contribution in [1.29, 1.82) is 0 Å². The highest BCUT2D eigenvalue weighted by Crippen LogP contribution is 2.23. The number of thioether (sulfide) groups is 2. The van der Waals surface area contributed by atoms with Crippen LogP contribution in [0.5, 0.6) is 0 Å². The summed E-state index contributed by atoms with van der Waals surface area (Å²) in [5.74, 6) is 1.77. The molecule has 3 aromatic rings. The zero-order valence-corrected chi connectivity index (χ0v) is 18.6. The van der Waals surface area contributed by atoms with Crippen molar-refractivity contribution in [3.8, 4) is 0 Å². The summed E-state index contributed by atoms with van der Waals surface area (Å²) in [5, 5.41) is 0. The van der Waals surface area contributed by atoms with E-state index in [0.29, 0.717) is 5.56 Å². The van der Waals surface area contributed by atoms with Gasteiger partial charge in [-0.1, -0.05) is 40.3 Å². The molecule has 3 nitrogen and oxygen atoms in total. The third kappa shape index (κ3) is 4.63. The Morgan fingerprint density at radius 1 is 1.27 bits per heavy atom. The Bertz CT molecular complexity index is 994. The number of aryl methyl sites for hydroxylation is 1. The van der Waals surface area contributed by atoms with Gasteiger partial charge >= 0.3 is 0 Å². The first-order valence-corrected chi connectivity index (χ1v) is 12.2. The van der Waals surface area contributed by atoms with Crippen molar-refractivity contribution in [2.75, 3.05) is 17.8 Å². The van der Waals surface area contributed by atoms with Gasteiger partial charge in [0, 0.05) is 27.2 Å². The molecular weight excluding hydrogens is 448 g/mol. The molecular formula is C19H19BrN2OS3. The van der Waals surface area contributed by atoms with E-state index in [1.165, 1.54) is 0 Å². The first-order chi connectivity index (χ1) is 12.6. The molecule has 1 heterocycles. The Labute approximate surface area is 174 Å². The molecule has 26 heavy (non-hydrogen) atoms. The molecule has 0 saturated heterocycles. The van der Waals surface area contributed by atoms with Gasteiger partial charge < -0.3 is 4.57 Å². The van der Waals surface area contributed by atoms with E-state index >= 15 is 0 Å². The first kappa shape index (κ1) is 19.7. The summed E-state index contributed by atoms with van der Waals surface area (Å²) in [4.78, 5) is 19.1. The molecule has 0 unspecified atom stereocenters. The number of hydrogen-bond acceptors (Lipinski definition) is 4. The maximum absolute atomic E-state index is 12.7. The Kier molecular flexibility index (Phi) is 7.03. The normalized spacial score (nSPS) is 12.0. The van der Waals surface area contributed by atoms with Crippen LogP contribution in [0.1, 0.15) is 17.3 Å². The second-order valence-corrected chi connectivity index (χ2v) is 9.77. The largest absolute Gasteiger partial charge is 0.316 e. The van der Waals surface area contributed by atoms with Gasteiger partial charge in [-0.2, -0.15) is 16.8 Å². The number of hydrogen-bond donors (Lipinski definition) is 0. The molecule has 2 aromatic carbocycles. The summed E-state index contributed by atoms with van der Waals surface area (Å²) in [6, 6.07) is 13.9. The van der Waals surface area contributed by atoms with E-state index in [9.17, 15) is 4.79 Å². The van der Waals surface area contributed by atoms with Crippen molar-refractivity contribution in [3.63, 3.8) is 0 Å². The molecule has 0 bridgehead atoms. The number of fused-ring (bicyclic) bond motifs is 1. The fourth-order valence-corrected chi connectivity index (χ4v) is 5.26. The van der Waals surface area contributed by atoms with E-state index in [0.717, 1.165) is 42.4 Å². The van der Waals surface area contributed by atoms with Gasteiger partial charge in [0.2, 0.25) is 0 Å². The highest BCUT2D eigenvalue weighted by atomic mass is 79.9. The van der Waals surface area contributed by atoms with Crippen LogP contribution in [0.2, 0.25) is 0 Å². The number of amides is 1. The van der Waals surface area contributed by atoms with Crippen LogP contribution >= 0.6 is 50.8 Å². The van der Waals surface area contributed by atoms with Crippen molar-refractivity contribution >= 4 is 66.9 Å². The Hall–Kier alpha value is -1.02. The van der Waals surface area contributed by atoms with Crippen LogP contribution in [0.4, 0.5) is 0 Å². The van der Waals surface area contributed by atoms with E-state index in [2.05, 4.69) is 50.8 Å². The molecule has 1 aromatic heterocycles. The van der Waals surface area contributed by atoms with Crippen LogP contribution in [0.25, 0.3) is 10.2 Å². The monoisotopic (exact) mass is 466 g/mol. The number of carbonyl (C=O) groups is 1. The molecule has 0 radical (unpaired) electrons. The van der Waals surface area contributed by atoms with Crippen molar-refractivity contribution in [3.05, 3.63) is 57.3 Å². The van der Waals surface area contributed by atoms with E-state index < -0.39 is 0 Å². The first-order valence-electron chi connectivity index (χ1n) is 8.22. The van der Waals surface area contributed by atoms with Crippen LogP contribution in [0.15, 0.2) is 56.8 Å². The molecule has 0 spiro atoms. The number of carbonyl (C=O) groups excluding carboxylic acids is 1. The summed E-state index contributed by atoms with van der Waals surface area (Å²) in [6.45, 7) is 2.94. The molecule has 3 rings (SSSR count). The van der Waals surface area contributed by atoms with Crippen LogP contribution in [0.3, 0.4) is 0 Å². The van der Waals surface area contributed by atoms with E-state index in [1.807, 2.05) is 30.3 Å². The number of rotatable bonds is 6. The highest BCUT2D eigenvalue weighted by molar-refractivity contribution is 9.10. The smallest absolute Gasteiger partial charge is 0.279 e. The van der Waals surface area contributed by atoms with Gasteiger partial charge in [0.1, 0.15) is 0 Å². The van der Waals surface area contributed by atoms with Crippen molar-refractivity contribution < 1.29 is 4.79 Å². The van der Waals surface area contributed by atoms with Gasteiger partial charge in [0.05, 0.1) is 10.2 Å². The van der Waals surface area contributed by atoms with Gasteiger partial charge in [-0.25, -0.2) is 0 Å². The van der Waals surface area contributed by atoms with Crippen LogP contribution in [-0.4, -0.2) is 28.2 Å². The fraction of sp³-hybridized carbons (Fsp3) is 0.263. The average molecular weight is 467 g/mol. The minimum absolute atomic E-state index is 0.188. The Balaban J connectivity index is 2.05. The Morgan fingerprint density at radius 3 is 2.88 bits per heavy atom. The molecule has 0 fully saturated rings. The number of thiazole rings is 1. The molecule has 0 aliphatic carbocycles. The molecule has 0 atom stereocenters. The zero-order chi connectivity index (χ0) is 18.5. The number of benzene rings is 2. The molecule has 0 N–H and O–H groups in total. The van der Waals surface area contributed by atoms with Gasteiger partial charge in [-0.15, -0.1) is 11.8 Å². The fourth-order valence-electron chi connectivity index (χ4n) is 2.57. The number of halogens is 1. The summed E-state index contributed by atoms with van der Waals surface area (Å²) in [7, 11) is 0. The van der Waals surface area contributed by atoms with E-state index in [-0.39, 0.29) is 5.91 Å². The van der Waals surface area contributed by atoms with E-state index in [4.69, 9.17) is 0 Å². The lowest BCUT2D eigenvalue weighted by Gasteiger charge is -2.04. The summed E-state index contributed by atoms with van der Waals surface area (Å²) >= 11 is 8.60. The predicted octanol–water partition coefficient (Wildman–Crippen LogP) is 5.68. The summed E-state index contributed by atoms with van der Waals surface area (Å²) in [5.41, 5.74) is 1.76. The second-order valence-electron chi connectivity index (χ2n) is 5.52. The van der Waals surface area contributed by atoms with Gasteiger partial charge in [-0.3, -0.25) is 4.79 Å². The maximum Gasteiger partial charge on any atom is 0.279 e. The average Bonchev–Trinajstić information content (AvgIpc) is 2.96. The van der Waals surface area contributed by atoms with Gasteiger partial charge in [-0.05, 0) is 48.4 Å². The topological polar surface area (TPSA) is 34.4 Å². The van der Waals surface area contributed by atoms with Crippen LogP contribution in [-0.2, 0) is 6.54 Å². The lowest BCUT2D eigenvalue weighted by atomic mass is 10.2. The Morgan fingerprint density at radius 2 is 2.12 bits per heavy atom. The van der Waals surface area contributed by atoms with Crippen LogP contribution < -0.4 is 4.80 Å². The molecule has 0 aliphatic rings. The molecule has 7 heteroatoms. The number of nitrogens with zero attached hydrogens (tertiary/aromatic N) is 2. The quantitative estimate of drug-likeness (QED) is 0.438. The summed E-state index contributed by atoms with van der Waals surface area (Å²) < 4.78 is 4.30. The third-order valence-electron chi connectivity index (χ3n) is 3.75. The van der Waals surface area contributed by atoms with Gasteiger partial charge in [0.15, 0.2) is 4.80 Å². The lowest BCUT2D eigenvalue weighted by Crippen LogP contribution is -2.18. The standard InChI is InChI=1S/C19H19BrN2OS3/c1-3-25-15-6-4-5-13(11-15)18(23)21-19-22(9-10-24-2)16-8-7-14(20)12-17(16)26-19/h4-8,11-12H,3,9-10H2,1-2H3. The maximum atomic E-state index is 12.7.